The van der Waals surface area contributed by atoms with Crippen molar-refractivity contribution >= 4 is 88.7 Å². The molecule has 466 valence electrons. The van der Waals surface area contributed by atoms with Crippen molar-refractivity contribution in [1.29, 1.82) is 0 Å². The number of carbonyl (C=O) groups is 1. The molecule has 0 bridgehead atoms. The number of hydrogen-bond acceptors (Lipinski definition) is 31. The molecule has 0 spiro atoms. The van der Waals surface area contributed by atoms with E-state index in [1.807, 2.05) is 0 Å². The van der Waals surface area contributed by atoms with Gasteiger partial charge in [-0.1, -0.05) is 35.3 Å². The van der Waals surface area contributed by atoms with Crippen LogP contribution in [0, 0.1) is 5.92 Å². The number of phosphoric acid groups is 4. The van der Waals surface area contributed by atoms with Crippen LogP contribution in [-0.4, -0.2) is 177 Å². The number of imidazole rings is 3. The summed E-state index contributed by atoms with van der Waals surface area (Å²) in [5, 5.41) is 33.4. The Labute approximate surface area is 478 Å². The van der Waals surface area contributed by atoms with E-state index in [1.165, 1.54) is 27.1 Å². The van der Waals surface area contributed by atoms with E-state index in [4.69, 9.17) is 63.7 Å². The number of aromatic amines is 2. The molecular weight excluding hydrogens is 1240 g/mol. The highest BCUT2D eigenvalue weighted by Crippen LogP contribution is 2.68. The summed E-state index contributed by atoms with van der Waals surface area (Å²) in [6.07, 6.45) is -15.1. The van der Waals surface area contributed by atoms with Crippen LogP contribution in [0.15, 0.2) is 65.2 Å². The first-order valence-corrected chi connectivity index (χ1v) is 30.7. The molecule has 0 radical (unpaired) electrons. The number of carbonyl (C=O) groups excluding carboxylic acids is 1. The molecule has 0 aliphatic carbocycles. The van der Waals surface area contributed by atoms with Crippen LogP contribution in [-0.2, 0) is 87.1 Å². The molecule has 3 aliphatic rings. The first kappa shape index (κ1) is 62.4. The molecule has 86 heavy (non-hydrogen) atoms. The van der Waals surface area contributed by atoms with Gasteiger partial charge in [0.1, 0.15) is 67.8 Å². The van der Waals surface area contributed by atoms with Gasteiger partial charge in [0.2, 0.25) is 17.7 Å². The van der Waals surface area contributed by atoms with E-state index in [-0.39, 0.29) is 57.8 Å². The molecule has 6 aromatic heterocycles. The zero-order chi connectivity index (χ0) is 61.8. The second kappa shape index (κ2) is 24.5. The second-order valence-corrected chi connectivity index (χ2v) is 25.0. The number of rotatable bonds is 23. The molecule has 3 saturated heterocycles. The maximum Gasteiger partial charge on any atom is 0.508 e. The number of hydrogen-bond donors (Lipinski definition) is 12. The largest absolute Gasteiger partial charge is 0.508 e. The highest BCUT2D eigenvalue weighted by atomic mass is 31.3. The average Bonchev–Trinajstić information content (AvgIpc) is 2.34. The quantitative estimate of drug-likeness (QED) is 0.0185. The zero-order valence-corrected chi connectivity index (χ0v) is 47.6. The summed E-state index contributed by atoms with van der Waals surface area (Å²) in [6.45, 7) is -4.37. The third-order valence-electron chi connectivity index (χ3n) is 13.3. The number of nitrogens with one attached hydrogen (secondary N) is 2. The number of benzene rings is 1. The minimum absolute atomic E-state index is 0.00452. The van der Waals surface area contributed by atoms with Gasteiger partial charge in [-0.05, 0) is 5.56 Å². The molecule has 10 rings (SSSR count). The van der Waals surface area contributed by atoms with Crippen molar-refractivity contribution in [3.05, 3.63) is 81.9 Å². The topological polar surface area (TPSA) is 578 Å². The molecule has 3 fully saturated rings. The molecule has 3 aliphatic heterocycles. The molecule has 41 nitrogen and oxygen atoms in total. The lowest BCUT2D eigenvalue weighted by atomic mass is 9.99. The van der Waals surface area contributed by atoms with Crippen molar-refractivity contribution < 1.29 is 118 Å². The van der Waals surface area contributed by atoms with Crippen LogP contribution in [0.5, 0.6) is 0 Å². The number of aliphatic hydroxyl groups excluding tert-OH is 3. The Hall–Kier alpha value is -6.62. The Balaban J connectivity index is 0.811. The van der Waals surface area contributed by atoms with E-state index in [9.17, 15) is 67.5 Å². The fourth-order valence-corrected chi connectivity index (χ4v) is 14.0. The summed E-state index contributed by atoms with van der Waals surface area (Å²) < 4.78 is 121. The lowest BCUT2D eigenvalue weighted by molar-refractivity contribution is -0.745. The lowest BCUT2D eigenvalue weighted by Gasteiger charge is -2.26. The Morgan fingerprint density at radius 2 is 1.30 bits per heavy atom. The third-order valence-corrected chi connectivity index (χ3v) is 18.6. The number of nitrogen functional groups attached to an aromatic ring is 3. The van der Waals surface area contributed by atoms with Crippen LogP contribution in [0.2, 0.25) is 0 Å². The van der Waals surface area contributed by atoms with E-state index in [0.29, 0.717) is 5.56 Å². The van der Waals surface area contributed by atoms with Crippen LogP contribution in [0.3, 0.4) is 0 Å². The van der Waals surface area contributed by atoms with Crippen molar-refractivity contribution in [2.75, 3.05) is 50.7 Å². The van der Waals surface area contributed by atoms with Gasteiger partial charge >= 0.3 is 43.1 Å². The van der Waals surface area contributed by atoms with E-state index >= 15 is 0 Å². The zero-order valence-electron chi connectivity index (χ0n) is 44.0. The number of methoxy groups -OCH3 is 1. The number of phosphoric ester groups is 3. The highest BCUT2D eigenvalue weighted by molar-refractivity contribution is 7.66. The minimum atomic E-state index is -6.29. The van der Waals surface area contributed by atoms with Crippen molar-refractivity contribution in [3.63, 3.8) is 0 Å². The fraction of sp³-hybridized carbons (Fsp3) is 0.463. The number of aryl methyl sites for hydroxylation is 1. The van der Waals surface area contributed by atoms with Crippen molar-refractivity contribution in [2.24, 2.45) is 13.0 Å². The molecule has 1 aromatic carbocycles. The van der Waals surface area contributed by atoms with Gasteiger partial charge in [0.15, 0.2) is 41.4 Å². The van der Waals surface area contributed by atoms with E-state index < -0.39 is 148 Å². The smallest absolute Gasteiger partial charge is 0.434 e. The van der Waals surface area contributed by atoms with Crippen molar-refractivity contribution in [3.8, 4) is 0 Å². The lowest BCUT2D eigenvalue weighted by Crippen LogP contribution is -2.45. The molecule has 4 unspecified atom stereocenters. The Morgan fingerprint density at radius 1 is 0.686 bits per heavy atom. The number of H-pyrrole nitrogens is 2. The van der Waals surface area contributed by atoms with Gasteiger partial charge in [0, 0.05) is 7.11 Å². The number of ether oxygens (including phenoxy) is 6. The van der Waals surface area contributed by atoms with E-state index in [0.717, 1.165) is 30.7 Å². The van der Waals surface area contributed by atoms with Gasteiger partial charge < -0.3 is 80.5 Å². The molecule has 9 heterocycles. The van der Waals surface area contributed by atoms with Gasteiger partial charge in [-0.2, -0.15) is 13.6 Å². The Morgan fingerprint density at radius 3 is 2.00 bits per heavy atom. The van der Waals surface area contributed by atoms with Gasteiger partial charge in [0.05, 0.1) is 51.5 Å². The average molecular weight is 1290 g/mol. The summed E-state index contributed by atoms with van der Waals surface area (Å²) in [7, 11) is -21.2. The number of anilines is 3. The minimum Gasteiger partial charge on any atom is -0.434 e. The molecule has 0 amide bonds. The number of fused-ring (bicyclic) bond motifs is 3. The standard InChI is InChI=1S/C41H51N15O26P4/c1-53-16-56(33-24(53)35(61)52-40(44)50-33)36-25(57)18(9-73-41(62)72-8-17-6-4-3-5-7-17)19(77-36)10-75-84(65,66)81-86(69,70)82-85(67,68)76-12-21-28(29(71-2)38(79-21)54-14-47-22-30(42)45-13-46-31(22)54)80-83(63,64)74-11-20-26(58)27(59)37(78-20)55-15-48-23-32(55)49-39(43)51-34(23)60/h3-7,13-16,18-21,25-29,36-38,57-59H,8-12H2,1-2H3,(H11-,42,43,44,45,46,49,50,51,52,60,61,63,64,65,66,67,68,69,70)/p+1/t18-,19-,20-,21-,25-,26-,27-,28-,29-,36-,37-,38-/m1/s1. The Kier molecular flexibility index (Phi) is 17.8. The second-order valence-electron chi connectivity index (χ2n) is 19.0. The summed E-state index contributed by atoms with van der Waals surface area (Å²) in [5.74, 6) is -2.14. The van der Waals surface area contributed by atoms with Gasteiger partial charge in [-0.15, -0.1) is 0 Å². The van der Waals surface area contributed by atoms with Crippen LogP contribution >= 0.6 is 31.3 Å². The number of nitrogens with zero attached hydrogens (tertiary/aromatic N) is 10. The fourth-order valence-electron chi connectivity index (χ4n) is 9.50. The molecule has 15 N–H and O–H groups in total. The van der Waals surface area contributed by atoms with Crippen LogP contribution in [0.25, 0.3) is 33.5 Å². The van der Waals surface area contributed by atoms with Gasteiger partial charge in [0.25, 0.3) is 17.1 Å². The van der Waals surface area contributed by atoms with E-state index in [1.54, 1.807) is 30.3 Å². The number of aromatic nitrogens is 12. The Bertz CT molecular complexity index is 3990. The molecule has 16 atom stereocenters. The normalized spacial score (nSPS) is 27.9. The van der Waals surface area contributed by atoms with Gasteiger partial charge in [-0.25, -0.2) is 47.6 Å². The van der Waals surface area contributed by atoms with Gasteiger partial charge in [-0.3, -0.25) is 51.4 Å². The van der Waals surface area contributed by atoms with E-state index in [2.05, 4.69) is 48.5 Å². The van der Waals surface area contributed by atoms with Crippen LogP contribution in [0.4, 0.5) is 22.5 Å². The van der Waals surface area contributed by atoms with Crippen LogP contribution in [0.1, 0.15) is 24.2 Å². The summed E-state index contributed by atoms with van der Waals surface area (Å²) in [6, 6.07) is 8.43. The predicted octanol–water partition coefficient (Wildman–Crippen LogP) is -2.10. The number of nitrogens with two attached hydrogens (primary N) is 3. The molecule has 45 heteroatoms. The SMILES string of the molecule is CO[C@@H]1[C@H](OP(=O)(O)OC[C@H]2O[C@@H](n3cnc4c(=O)[nH]c(N)nc43)[C@H](O)[C@@H]2O)[C@@H](COP(=O)(O)OP(=O)(O)OP(=O)(O)OC[C@H]2O[C@@H]([n+]3cn(C)c4c(=O)[nH]c(N)nc43)[C@H](O)[C@@H]2COC(=O)OCc2ccccc2)O[C@H]1n1cnc2c(N)ncnc21. The number of aliphatic hydroxyl groups is 3. The molecule has 7 aromatic rings. The van der Waals surface area contributed by atoms with Crippen molar-refractivity contribution in [2.45, 2.75) is 74.1 Å². The third kappa shape index (κ3) is 13.3. The summed E-state index contributed by atoms with van der Waals surface area (Å²) in [5.41, 5.74) is 16.1. The first-order valence-electron chi connectivity index (χ1n) is 24.8. The van der Waals surface area contributed by atoms with Crippen LogP contribution < -0.4 is 32.9 Å². The highest BCUT2D eigenvalue weighted by Gasteiger charge is 2.54. The first-order chi connectivity index (χ1) is 40.6. The molecule has 0 saturated carbocycles. The van der Waals surface area contributed by atoms with Crippen molar-refractivity contribution in [1.82, 2.24) is 53.6 Å². The maximum atomic E-state index is 13.8. The summed E-state index contributed by atoms with van der Waals surface area (Å²) in [4.78, 5) is 110. The maximum absolute atomic E-state index is 13.8. The summed E-state index contributed by atoms with van der Waals surface area (Å²) >= 11 is 0. The monoisotopic (exact) mass is 1290 g/mol. The molecular formula is C41H52N15O26P4+. The predicted molar refractivity (Wildman–Crippen MR) is 279 cm³/mol.